The largest absolute Gasteiger partial charge is 0.370 e. The van der Waals surface area contributed by atoms with Gasteiger partial charge in [-0.2, -0.15) is 0 Å². The standard InChI is InChI=1S/C7H12N4O2S/c8-14(12,13)5-1-3-10-7-2-4-9-6-11-7/h2,4,6H,1,3,5H2,(H2,8,12,13)(H,9,10,11). The number of nitrogens with zero attached hydrogens (tertiary/aromatic N) is 2. The van der Waals surface area contributed by atoms with Crippen LogP contribution in [-0.2, 0) is 10.0 Å². The number of rotatable bonds is 5. The minimum atomic E-state index is -3.35. The molecular formula is C7H12N4O2S. The first-order chi connectivity index (χ1) is 6.58. The van der Waals surface area contributed by atoms with Crippen molar-refractivity contribution in [2.24, 2.45) is 5.14 Å². The van der Waals surface area contributed by atoms with Crippen LogP contribution in [0.2, 0.25) is 0 Å². The molecule has 0 spiro atoms. The van der Waals surface area contributed by atoms with Gasteiger partial charge in [-0.3, -0.25) is 0 Å². The summed E-state index contributed by atoms with van der Waals surface area (Å²) in [7, 11) is -3.35. The fraction of sp³-hybridized carbons (Fsp3) is 0.429. The van der Waals surface area contributed by atoms with Gasteiger partial charge in [-0.1, -0.05) is 0 Å². The lowest BCUT2D eigenvalue weighted by Gasteiger charge is -2.03. The number of primary sulfonamides is 1. The summed E-state index contributed by atoms with van der Waals surface area (Å²) >= 11 is 0. The summed E-state index contributed by atoms with van der Waals surface area (Å²) in [5.74, 6) is 0.653. The lowest BCUT2D eigenvalue weighted by molar-refractivity contribution is 0.595. The Morgan fingerprint density at radius 1 is 1.50 bits per heavy atom. The van der Waals surface area contributed by atoms with Gasteiger partial charge in [-0.25, -0.2) is 23.5 Å². The molecule has 0 unspecified atom stereocenters. The van der Waals surface area contributed by atoms with E-state index in [1.54, 1.807) is 12.3 Å². The molecule has 0 saturated carbocycles. The van der Waals surface area contributed by atoms with E-state index < -0.39 is 10.0 Å². The molecule has 0 aliphatic carbocycles. The minimum Gasteiger partial charge on any atom is -0.370 e. The minimum absolute atomic E-state index is 0.0227. The molecule has 6 nitrogen and oxygen atoms in total. The number of hydrogen-bond acceptors (Lipinski definition) is 5. The normalized spacial score (nSPS) is 11.2. The molecule has 0 fully saturated rings. The van der Waals surface area contributed by atoms with Crippen molar-refractivity contribution in [2.75, 3.05) is 17.6 Å². The topological polar surface area (TPSA) is 98.0 Å². The average Bonchev–Trinajstić information content (AvgIpc) is 2.13. The zero-order valence-electron chi connectivity index (χ0n) is 7.55. The van der Waals surface area contributed by atoms with Crippen LogP contribution < -0.4 is 10.5 Å². The summed E-state index contributed by atoms with van der Waals surface area (Å²) in [5.41, 5.74) is 0. The van der Waals surface area contributed by atoms with Gasteiger partial charge >= 0.3 is 0 Å². The van der Waals surface area contributed by atoms with E-state index in [4.69, 9.17) is 5.14 Å². The molecule has 1 aromatic rings. The third-order valence-corrected chi connectivity index (χ3v) is 2.35. The van der Waals surface area contributed by atoms with Crippen LogP contribution in [0.4, 0.5) is 5.82 Å². The van der Waals surface area contributed by atoms with E-state index in [1.165, 1.54) is 6.33 Å². The monoisotopic (exact) mass is 216 g/mol. The Bertz CT molecular complexity index is 365. The van der Waals surface area contributed by atoms with Crippen LogP contribution in [0.25, 0.3) is 0 Å². The van der Waals surface area contributed by atoms with E-state index >= 15 is 0 Å². The van der Waals surface area contributed by atoms with Crippen LogP contribution in [0, 0.1) is 0 Å². The molecule has 0 aromatic carbocycles. The van der Waals surface area contributed by atoms with Gasteiger partial charge in [0.1, 0.15) is 12.1 Å². The van der Waals surface area contributed by atoms with Gasteiger partial charge in [0.2, 0.25) is 10.0 Å². The maximum atomic E-state index is 10.6. The van der Waals surface area contributed by atoms with Gasteiger partial charge in [-0.05, 0) is 12.5 Å². The molecule has 1 aromatic heterocycles. The fourth-order valence-corrected chi connectivity index (χ4v) is 1.43. The fourth-order valence-electron chi connectivity index (χ4n) is 0.885. The van der Waals surface area contributed by atoms with E-state index in [2.05, 4.69) is 15.3 Å². The van der Waals surface area contributed by atoms with Gasteiger partial charge in [0.05, 0.1) is 5.75 Å². The van der Waals surface area contributed by atoms with Crippen molar-refractivity contribution in [2.45, 2.75) is 6.42 Å². The second kappa shape index (κ2) is 4.87. The molecular weight excluding hydrogens is 204 g/mol. The van der Waals surface area contributed by atoms with Crippen molar-refractivity contribution in [3.63, 3.8) is 0 Å². The van der Waals surface area contributed by atoms with Crippen LogP contribution in [-0.4, -0.2) is 30.7 Å². The van der Waals surface area contributed by atoms with E-state index in [0.29, 0.717) is 18.8 Å². The third-order valence-electron chi connectivity index (χ3n) is 1.49. The molecule has 1 heterocycles. The Morgan fingerprint density at radius 3 is 2.86 bits per heavy atom. The van der Waals surface area contributed by atoms with E-state index in [-0.39, 0.29) is 5.75 Å². The lowest BCUT2D eigenvalue weighted by atomic mass is 10.4. The predicted octanol–water partition coefficient (Wildman–Crippen LogP) is -0.433. The summed E-state index contributed by atoms with van der Waals surface area (Å²) < 4.78 is 21.1. The van der Waals surface area contributed by atoms with Crippen molar-refractivity contribution in [1.82, 2.24) is 9.97 Å². The molecule has 0 amide bonds. The van der Waals surface area contributed by atoms with Crippen molar-refractivity contribution in [3.05, 3.63) is 18.6 Å². The molecule has 78 valence electrons. The molecule has 1 rings (SSSR count). The first kappa shape index (κ1) is 10.9. The molecule has 0 radical (unpaired) electrons. The van der Waals surface area contributed by atoms with Crippen LogP contribution in [0.15, 0.2) is 18.6 Å². The van der Waals surface area contributed by atoms with Crippen LogP contribution in [0.3, 0.4) is 0 Å². The zero-order valence-corrected chi connectivity index (χ0v) is 8.37. The van der Waals surface area contributed by atoms with Gasteiger partial charge in [-0.15, -0.1) is 0 Å². The average molecular weight is 216 g/mol. The van der Waals surface area contributed by atoms with Crippen molar-refractivity contribution in [3.8, 4) is 0 Å². The number of sulfonamides is 1. The highest BCUT2D eigenvalue weighted by Gasteiger charge is 2.01. The van der Waals surface area contributed by atoms with E-state index in [0.717, 1.165) is 0 Å². The van der Waals surface area contributed by atoms with Crippen LogP contribution in [0.1, 0.15) is 6.42 Å². The summed E-state index contributed by atoms with van der Waals surface area (Å²) in [6.45, 7) is 0.521. The Kier molecular flexibility index (Phi) is 3.78. The van der Waals surface area contributed by atoms with Crippen molar-refractivity contribution in [1.29, 1.82) is 0 Å². The predicted molar refractivity (Wildman–Crippen MR) is 53.1 cm³/mol. The summed E-state index contributed by atoms with van der Waals surface area (Å²) in [6.07, 6.45) is 3.49. The number of nitrogens with one attached hydrogen (secondary N) is 1. The first-order valence-electron chi connectivity index (χ1n) is 4.08. The summed E-state index contributed by atoms with van der Waals surface area (Å²) in [4.78, 5) is 7.66. The molecule has 0 bridgehead atoms. The Labute approximate surface area is 82.6 Å². The number of nitrogens with two attached hydrogens (primary N) is 1. The Morgan fingerprint density at radius 2 is 2.29 bits per heavy atom. The van der Waals surface area contributed by atoms with Gasteiger partial charge in [0.25, 0.3) is 0 Å². The highest BCUT2D eigenvalue weighted by atomic mass is 32.2. The third kappa shape index (κ3) is 4.73. The second-order valence-corrected chi connectivity index (χ2v) is 4.48. The molecule has 14 heavy (non-hydrogen) atoms. The van der Waals surface area contributed by atoms with Gasteiger partial charge < -0.3 is 5.32 Å². The molecule has 0 aliphatic rings. The quantitative estimate of drug-likeness (QED) is 0.651. The Hall–Kier alpha value is -1.21. The number of hydrogen-bond donors (Lipinski definition) is 2. The Balaban J connectivity index is 2.23. The number of aromatic nitrogens is 2. The highest BCUT2D eigenvalue weighted by Crippen LogP contribution is 1.97. The molecule has 0 saturated heterocycles. The second-order valence-electron chi connectivity index (χ2n) is 2.74. The smallest absolute Gasteiger partial charge is 0.209 e. The van der Waals surface area contributed by atoms with Gasteiger partial charge in [0, 0.05) is 12.7 Å². The van der Waals surface area contributed by atoms with Crippen molar-refractivity contribution >= 4 is 15.8 Å². The molecule has 0 atom stereocenters. The van der Waals surface area contributed by atoms with E-state index in [9.17, 15) is 8.42 Å². The maximum absolute atomic E-state index is 10.6. The SMILES string of the molecule is NS(=O)(=O)CCCNc1ccncn1. The highest BCUT2D eigenvalue weighted by molar-refractivity contribution is 7.89. The molecule has 3 N–H and O–H groups in total. The van der Waals surface area contributed by atoms with Crippen molar-refractivity contribution < 1.29 is 8.42 Å². The summed E-state index contributed by atoms with van der Waals surface area (Å²) in [5, 5.41) is 7.78. The zero-order chi connectivity index (χ0) is 10.4. The summed E-state index contributed by atoms with van der Waals surface area (Å²) in [6, 6.07) is 1.71. The van der Waals surface area contributed by atoms with Crippen LogP contribution in [0.5, 0.6) is 0 Å². The molecule has 0 aliphatic heterocycles. The first-order valence-corrected chi connectivity index (χ1v) is 5.80. The lowest BCUT2D eigenvalue weighted by Crippen LogP contribution is -2.18. The number of anilines is 1. The molecule has 7 heteroatoms. The van der Waals surface area contributed by atoms with Crippen LogP contribution >= 0.6 is 0 Å². The van der Waals surface area contributed by atoms with Gasteiger partial charge in [0.15, 0.2) is 0 Å². The van der Waals surface area contributed by atoms with E-state index in [1.807, 2.05) is 0 Å². The maximum Gasteiger partial charge on any atom is 0.209 e.